The summed E-state index contributed by atoms with van der Waals surface area (Å²) in [5.41, 5.74) is 1.62. The van der Waals surface area contributed by atoms with Crippen molar-refractivity contribution in [3.05, 3.63) is 71.3 Å². The van der Waals surface area contributed by atoms with Gasteiger partial charge in [-0.05, 0) is 0 Å². The van der Waals surface area contributed by atoms with E-state index in [1.54, 1.807) is 12.1 Å². The van der Waals surface area contributed by atoms with Gasteiger partial charge in [-0.1, -0.05) is 0 Å². The molecule has 0 saturated heterocycles. The monoisotopic (exact) mass is 388 g/mol. The van der Waals surface area contributed by atoms with Crippen molar-refractivity contribution in [1.29, 1.82) is 0 Å². The van der Waals surface area contributed by atoms with E-state index in [4.69, 9.17) is 0 Å². The van der Waals surface area contributed by atoms with E-state index in [-0.39, 0.29) is 31.4 Å². The van der Waals surface area contributed by atoms with Crippen LogP contribution in [-0.2, 0) is 10.1 Å². The van der Waals surface area contributed by atoms with Crippen molar-refractivity contribution in [2.24, 2.45) is 0 Å². The summed E-state index contributed by atoms with van der Waals surface area (Å²) in [5, 5.41) is 12.5. The van der Waals surface area contributed by atoms with Gasteiger partial charge >= 0.3 is 145 Å². The standard InChI is InChI=1S/C18H15NO4Se/c20-16-13-8-4-5-9-14(13)17(21)19(16)15(18(22)23)11-24-10-12-6-2-1-3-7-12/h1-9,15H,10-11H2,(H,22,23)/p-1. The number of nitrogens with zero attached hydrogens (tertiary/aromatic N) is 1. The first-order valence-electron chi connectivity index (χ1n) is 7.39. The van der Waals surface area contributed by atoms with Gasteiger partial charge in [-0.25, -0.2) is 0 Å². The molecule has 0 spiro atoms. The second-order valence-corrected chi connectivity index (χ2v) is 7.52. The van der Waals surface area contributed by atoms with Gasteiger partial charge in [0.2, 0.25) is 0 Å². The molecular formula is C18H14NO4Se-. The quantitative estimate of drug-likeness (QED) is 0.541. The Morgan fingerprint density at radius 1 is 0.958 bits per heavy atom. The molecule has 1 aliphatic rings. The Balaban J connectivity index is 1.74. The fourth-order valence-electron chi connectivity index (χ4n) is 2.60. The number of hydrogen-bond acceptors (Lipinski definition) is 4. The molecule has 5 nitrogen and oxygen atoms in total. The van der Waals surface area contributed by atoms with Crippen LogP contribution in [0.5, 0.6) is 0 Å². The Labute approximate surface area is 145 Å². The van der Waals surface area contributed by atoms with Crippen molar-refractivity contribution in [3.8, 4) is 0 Å². The number of fused-ring (bicyclic) bond motifs is 1. The van der Waals surface area contributed by atoms with Crippen LogP contribution in [0.15, 0.2) is 54.6 Å². The number of carbonyl (C=O) groups excluding carboxylic acids is 3. The number of imide groups is 1. The molecule has 0 aromatic heterocycles. The van der Waals surface area contributed by atoms with Crippen LogP contribution in [0.4, 0.5) is 0 Å². The molecule has 3 rings (SSSR count). The van der Waals surface area contributed by atoms with Gasteiger partial charge in [-0.15, -0.1) is 0 Å². The molecule has 0 saturated carbocycles. The predicted molar refractivity (Wildman–Crippen MR) is 86.4 cm³/mol. The molecule has 122 valence electrons. The van der Waals surface area contributed by atoms with Crippen LogP contribution in [0.25, 0.3) is 0 Å². The first-order valence-corrected chi connectivity index (χ1v) is 9.81. The van der Waals surface area contributed by atoms with Crippen LogP contribution in [0.3, 0.4) is 0 Å². The molecule has 0 N–H and O–H groups in total. The van der Waals surface area contributed by atoms with Crippen LogP contribution in [0.2, 0.25) is 5.32 Å². The summed E-state index contributed by atoms with van der Waals surface area (Å²) in [5.74, 6) is -2.50. The number of carboxylic acid groups (broad SMARTS) is 1. The third-order valence-corrected chi connectivity index (χ3v) is 6.08. The Kier molecular flexibility index (Phi) is 4.78. The second kappa shape index (κ2) is 6.99. The molecule has 0 aliphatic carbocycles. The average Bonchev–Trinajstić information content (AvgIpc) is 2.84. The molecule has 0 radical (unpaired) electrons. The summed E-state index contributed by atoms with van der Waals surface area (Å²) in [6.07, 6.45) is 0. The summed E-state index contributed by atoms with van der Waals surface area (Å²) in [4.78, 5) is 37.2. The van der Waals surface area contributed by atoms with Crippen molar-refractivity contribution in [2.45, 2.75) is 16.7 Å². The van der Waals surface area contributed by atoms with Gasteiger partial charge in [0, 0.05) is 0 Å². The minimum absolute atomic E-state index is 0.0680. The van der Waals surface area contributed by atoms with Crippen molar-refractivity contribution in [2.75, 3.05) is 0 Å². The predicted octanol–water partition coefficient (Wildman–Crippen LogP) is 0.724. The number of benzene rings is 2. The van der Waals surface area contributed by atoms with Gasteiger partial charge in [0.1, 0.15) is 0 Å². The van der Waals surface area contributed by atoms with Crippen LogP contribution < -0.4 is 5.11 Å². The average molecular weight is 387 g/mol. The van der Waals surface area contributed by atoms with E-state index in [2.05, 4.69) is 0 Å². The number of carbonyl (C=O) groups is 3. The van der Waals surface area contributed by atoms with Crippen LogP contribution in [0.1, 0.15) is 26.3 Å². The van der Waals surface area contributed by atoms with Crippen molar-refractivity contribution in [1.82, 2.24) is 4.90 Å². The normalized spacial score (nSPS) is 14.6. The summed E-state index contributed by atoms with van der Waals surface area (Å²) in [6, 6.07) is 14.9. The van der Waals surface area contributed by atoms with Crippen LogP contribution >= 0.6 is 0 Å². The Bertz CT molecular complexity index is 756. The van der Waals surface area contributed by atoms with Gasteiger partial charge in [0.15, 0.2) is 0 Å². The maximum absolute atomic E-state index is 12.4. The maximum atomic E-state index is 12.4. The molecule has 1 heterocycles. The van der Waals surface area contributed by atoms with Crippen molar-refractivity contribution >= 4 is 32.7 Å². The number of rotatable bonds is 6. The molecule has 2 amide bonds. The third-order valence-electron chi connectivity index (χ3n) is 3.80. The van der Waals surface area contributed by atoms with Gasteiger partial charge in [-0.2, -0.15) is 0 Å². The molecule has 0 bridgehead atoms. The summed E-state index contributed by atoms with van der Waals surface area (Å²) in [6.45, 7) is 0. The zero-order chi connectivity index (χ0) is 17.1. The fourth-order valence-corrected chi connectivity index (χ4v) is 4.81. The van der Waals surface area contributed by atoms with Gasteiger partial charge in [0.25, 0.3) is 0 Å². The summed E-state index contributed by atoms with van der Waals surface area (Å²) in [7, 11) is 0. The summed E-state index contributed by atoms with van der Waals surface area (Å²) >= 11 is -0.0680. The number of amides is 2. The van der Waals surface area contributed by atoms with Crippen LogP contribution in [-0.4, -0.2) is 43.7 Å². The van der Waals surface area contributed by atoms with E-state index in [9.17, 15) is 19.5 Å². The van der Waals surface area contributed by atoms with E-state index in [0.29, 0.717) is 0 Å². The van der Waals surface area contributed by atoms with Crippen molar-refractivity contribution in [3.63, 3.8) is 0 Å². The van der Waals surface area contributed by atoms with Gasteiger partial charge in [0.05, 0.1) is 0 Å². The van der Waals surface area contributed by atoms with E-state index < -0.39 is 23.8 Å². The molecule has 0 fully saturated rings. The number of aliphatic carboxylic acids is 1. The molecule has 1 aliphatic heterocycles. The summed E-state index contributed by atoms with van der Waals surface area (Å²) < 4.78 is 0. The Morgan fingerprint density at radius 3 is 2.04 bits per heavy atom. The zero-order valence-corrected chi connectivity index (χ0v) is 14.4. The van der Waals surface area contributed by atoms with E-state index in [1.165, 1.54) is 12.1 Å². The Morgan fingerprint density at radius 2 is 1.50 bits per heavy atom. The van der Waals surface area contributed by atoms with Gasteiger partial charge in [-0.3, -0.25) is 0 Å². The first kappa shape index (κ1) is 16.4. The topological polar surface area (TPSA) is 77.5 Å². The van der Waals surface area contributed by atoms with Crippen molar-refractivity contribution < 1.29 is 19.5 Å². The van der Waals surface area contributed by atoms with E-state index >= 15 is 0 Å². The van der Waals surface area contributed by atoms with E-state index in [0.717, 1.165) is 15.8 Å². The van der Waals surface area contributed by atoms with E-state index in [1.807, 2.05) is 30.3 Å². The molecule has 24 heavy (non-hydrogen) atoms. The van der Waals surface area contributed by atoms with Gasteiger partial charge < -0.3 is 0 Å². The minimum atomic E-state index is -1.39. The number of hydrogen-bond donors (Lipinski definition) is 0. The second-order valence-electron chi connectivity index (χ2n) is 5.36. The first-order chi connectivity index (χ1) is 11.6. The fraction of sp³-hybridized carbons (Fsp3) is 0.167. The number of carboxylic acids is 1. The zero-order valence-electron chi connectivity index (χ0n) is 12.7. The Hall–Kier alpha value is -2.43. The molecule has 1 atom stereocenters. The van der Waals surface area contributed by atoms with Crippen LogP contribution in [0, 0.1) is 0 Å². The molecule has 2 aromatic rings. The molecule has 6 heteroatoms. The molecule has 2 aromatic carbocycles. The SMILES string of the molecule is O=C([O-])C(C[Se]Cc1ccccc1)N1C(=O)c2ccccc2C1=O. The third kappa shape index (κ3) is 3.11. The molecular weight excluding hydrogens is 373 g/mol. The molecule has 1 unspecified atom stereocenters.